The first-order valence-corrected chi connectivity index (χ1v) is 9.96. The number of carbonyl (C=O) groups excluding carboxylic acids is 2. The number of Topliss-reactive ketones (excluding diaryl/α,β-unsaturated/α-hetero) is 1. The van der Waals surface area contributed by atoms with Gasteiger partial charge in [-0.05, 0) is 67.8 Å². The molecule has 5 heteroatoms. The molecular formula is C21H30O5. The van der Waals surface area contributed by atoms with Crippen LogP contribution >= 0.6 is 0 Å². The second kappa shape index (κ2) is 5.73. The van der Waals surface area contributed by atoms with Crippen molar-refractivity contribution in [3.8, 4) is 0 Å². The zero-order valence-electron chi connectivity index (χ0n) is 15.7. The van der Waals surface area contributed by atoms with E-state index < -0.39 is 29.5 Å². The predicted molar refractivity (Wildman–Crippen MR) is 95.1 cm³/mol. The molecule has 7 atom stereocenters. The Balaban J connectivity index is 1.74. The van der Waals surface area contributed by atoms with Gasteiger partial charge in [-0.15, -0.1) is 0 Å². The van der Waals surface area contributed by atoms with Gasteiger partial charge in [-0.2, -0.15) is 0 Å². The molecule has 0 aliphatic heterocycles. The zero-order chi connectivity index (χ0) is 18.9. The molecule has 0 aromatic rings. The molecule has 4 aliphatic carbocycles. The molecule has 0 aromatic carbocycles. The van der Waals surface area contributed by atoms with E-state index in [1.165, 1.54) is 5.57 Å². The lowest BCUT2D eigenvalue weighted by Crippen LogP contribution is -2.62. The lowest BCUT2D eigenvalue weighted by molar-refractivity contribution is -0.182. The van der Waals surface area contributed by atoms with Crippen molar-refractivity contribution in [1.82, 2.24) is 0 Å². The van der Waals surface area contributed by atoms with Crippen LogP contribution in [0.4, 0.5) is 0 Å². The van der Waals surface area contributed by atoms with E-state index in [1.54, 1.807) is 6.08 Å². The van der Waals surface area contributed by atoms with Gasteiger partial charge in [0.15, 0.2) is 11.6 Å². The van der Waals surface area contributed by atoms with E-state index in [1.807, 2.05) is 6.92 Å². The fourth-order valence-corrected chi connectivity index (χ4v) is 7.28. The Labute approximate surface area is 154 Å². The highest BCUT2D eigenvalue weighted by atomic mass is 16.3. The van der Waals surface area contributed by atoms with Crippen LogP contribution in [0.3, 0.4) is 0 Å². The average Bonchev–Trinajstić information content (AvgIpc) is 2.86. The molecule has 0 spiro atoms. The maximum Gasteiger partial charge on any atom is 0.190 e. The van der Waals surface area contributed by atoms with E-state index in [2.05, 4.69) is 6.92 Å². The van der Waals surface area contributed by atoms with Gasteiger partial charge in [-0.3, -0.25) is 9.59 Å². The summed E-state index contributed by atoms with van der Waals surface area (Å²) < 4.78 is 0. The summed E-state index contributed by atoms with van der Waals surface area (Å²) in [5.74, 6) is 0.140. The Morgan fingerprint density at radius 2 is 1.96 bits per heavy atom. The number of fused-ring (bicyclic) bond motifs is 5. The highest BCUT2D eigenvalue weighted by Gasteiger charge is 2.68. The third kappa shape index (κ3) is 2.14. The van der Waals surface area contributed by atoms with E-state index in [4.69, 9.17) is 0 Å². The van der Waals surface area contributed by atoms with E-state index in [9.17, 15) is 24.9 Å². The van der Waals surface area contributed by atoms with Crippen LogP contribution in [0, 0.1) is 28.6 Å². The summed E-state index contributed by atoms with van der Waals surface area (Å²) in [4.78, 5) is 24.3. The topological polar surface area (TPSA) is 94.8 Å². The lowest BCUT2D eigenvalue weighted by Gasteiger charge is -2.60. The standard InChI is InChI=1S/C21H30O5/c1-19-7-5-13(23)9-12(19)3-4-14-15-6-8-21(26,17(25)11-22)20(15,2)10-16(24)18(14)19/h9,14-16,18,22,24,26H,3-8,10-11H2,1-2H3/t14-,15+,16+,18+,19-,20+,21-/m0/s1. The molecule has 0 heterocycles. The molecule has 0 radical (unpaired) electrons. The number of aliphatic hydroxyl groups is 3. The van der Waals surface area contributed by atoms with Crippen LogP contribution in [0.15, 0.2) is 11.6 Å². The van der Waals surface area contributed by atoms with Crippen LogP contribution in [0.25, 0.3) is 0 Å². The van der Waals surface area contributed by atoms with Gasteiger partial charge in [0.05, 0.1) is 6.10 Å². The SMILES string of the molecule is C[C@]12CCC(=O)C=C1CC[C@@H]1[C@@H]2[C@H](O)C[C@]2(C)[C@@H]1CC[C@]2(O)C(=O)CO. The Morgan fingerprint density at radius 1 is 1.23 bits per heavy atom. The quantitative estimate of drug-likeness (QED) is 0.696. The number of carbonyl (C=O) groups is 2. The summed E-state index contributed by atoms with van der Waals surface area (Å²) in [6.45, 7) is 3.46. The third-order valence-corrected chi connectivity index (χ3v) is 8.65. The monoisotopic (exact) mass is 362 g/mol. The van der Waals surface area contributed by atoms with E-state index >= 15 is 0 Å². The minimum atomic E-state index is -1.54. The first-order valence-electron chi connectivity index (χ1n) is 9.96. The van der Waals surface area contributed by atoms with Gasteiger partial charge >= 0.3 is 0 Å². The molecule has 3 fully saturated rings. The van der Waals surface area contributed by atoms with Crippen molar-refractivity contribution in [2.45, 2.75) is 70.5 Å². The van der Waals surface area contributed by atoms with Crippen molar-refractivity contribution >= 4 is 11.6 Å². The largest absolute Gasteiger partial charge is 0.393 e. The molecule has 0 unspecified atom stereocenters. The molecule has 0 bridgehead atoms. The predicted octanol–water partition coefficient (Wildman–Crippen LogP) is 1.78. The van der Waals surface area contributed by atoms with E-state index in [0.717, 1.165) is 25.7 Å². The van der Waals surface area contributed by atoms with Crippen LogP contribution in [-0.2, 0) is 9.59 Å². The van der Waals surface area contributed by atoms with Gasteiger partial charge in [-0.1, -0.05) is 19.4 Å². The zero-order valence-corrected chi connectivity index (χ0v) is 15.7. The van der Waals surface area contributed by atoms with E-state index in [-0.39, 0.29) is 29.0 Å². The molecular weight excluding hydrogens is 332 g/mol. The fourth-order valence-electron chi connectivity index (χ4n) is 7.28. The Bertz CT molecular complexity index is 684. The number of aliphatic hydroxyl groups excluding tert-OH is 2. The molecule has 5 nitrogen and oxygen atoms in total. The molecule has 4 aliphatic rings. The van der Waals surface area contributed by atoms with Crippen molar-refractivity contribution in [3.63, 3.8) is 0 Å². The van der Waals surface area contributed by atoms with E-state index in [0.29, 0.717) is 19.3 Å². The first kappa shape index (κ1) is 18.3. The Kier molecular flexibility index (Phi) is 4.04. The lowest BCUT2D eigenvalue weighted by atomic mass is 9.45. The molecule has 26 heavy (non-hydrogen) atoms. The van der Waals surface area contributed by atoms with Gasteiger partial charge in [-0.25, -0.2) is 0 Å². The summed E-state index contributed by atoms with van der Waals surface area (Å²) in [5, 5.41) is 31.7. The maximum atomic E-state index is 12.4. The van der Waals surface area contributed by atoms with Crippen LogP contribution in [0.1, 0.15) is 58.8 Å². The Morgan fingerprint density at radius 3 is 2.65 bits per heavy atom. The minimum absolute atomic E-state index is 0.0697. The third-order valence-electron chi connectivity index (χ3n) is 8.65. The van der Waals surface area contributed by atoms with Crippen molar-refractivity contribution in [2.75, 3.05) is 6.61 Å². The van der Waals surface area contributed by atoms with Crippen molar-refractivity contribution in [1.29, 1.82) is 0 Å². The van der Waals surface area contributed by atoms with Crippen LogP contribution in [-0.4, -0.2) is 45.2 Å². The highest BCUT2D eigenvalue weighted by Crippen LogP contribution is 2.67. The van der Waals surface area contributed by atoms with Gasteiger partial charge in [0, 0.05) is 11.8 Å². The number of rotatable bonds is 2. The van der Waals surface area contributed by atoms with Gasteiger partial charge in [0.2, 0.25) is 0 Å². The van der Waals surface area contributed by atoms with Crippen molar-refractivity contribution < 1.29 is 24.9 Å². The van der Waals surface area contributed by atoms with Crippen LogP contribution < -0.4 is 0 Å². The second-order valence-corrected chi connectivity index (χ2v) is 9.56. The molecule has 0 saturated heterocycles. The number of allylic oxidation sites excluding steroid dienone is 1. The first-order chi connectivity index (χ1) is 12.2. The number of hydrogen-bond donors (Lipinski definition) is 3. The average molecular weight is 362 g/mol. The van der Waals surface area contributed by atoms with Gasteiger partial charge in [0.25, 0.3) is 0 Å². The molecule has 4 rings (SSSR count). The number of ketones is 2. The normalized spacial score (nSPS) is 50.5. The number of hydrogen-bond acceptors (Lipinski definition) is 5. The summed E-state index contributed by atoms with van der Waals surface area (Å²) in [7, 11) is 0. The minimum Gasteiger partial charge on any atom is -0.393 e. The maximum absolute atomic E-state index is 12.4. The molecule has 0 amide bonds. The second-order valence-electron chi connectivity index (χ2n) is 9.56. The summed E-state index contributed by atoms with van der Waals surface area (Å²) >= 11 is 0. The van der Waals surface area contributed by atoms with Crippen molar-refractivity contribution in [3.05, 3.63) is 11.6 Å². The van der Waals surface area contributed by atoms with Gasteiger partial charge < -0.3 is 15.3 Å². The fraction of sp³-hybridized carbons (Fsp3) is 0.810. The summed E-state index contributed by atoms with van der Waals surface area (Å²) in [6, 6.07) is 0. The molecule has 3 saturated carbocycles. The highest BCUT2D eigenvalue weighted by molar-refractivity contribution is 5.91. The molecule has 3 N–H and O–H groups in total. The molecule has 0 aromatic heterocycles. The van der Waals surface area contributed by atoms with Crippen LogP contribution in [0.5, 0.6) is 0 Å². The molecule has 144 valence electrons. The van der Waals surface area contributed by atoms with Crippen molar-refractivity contribution in [2.24, 2.45) is 28.6 Å². The van der Waals surface area contributed by atoms with Crippen LogP contribution in [0.2, 0.25) is 0 Å². The smallest absolute Gasteiger partial charge is 0.190 e. The van der Waals surface area contributed by atoms with Gasteiger partial charge in [0.1, 0.15) is 12.2 Å². The summed E-state index contributed by atoms with van der Waals surface area (Å²) in [6.07, 6.45) is 5.74. The summed E-state index contributed by atoms with van der Waals surface area (Å²) in [5.41, 5.74) is -1.23. The Hall–Kier alpha value is -1.04.